The van der Waals surface area contributed by atoms with E-state index in [4.69, 9.17) is 0 Å². The van der Waals surface area contributed by atoms with Crippen LogP contribution in [0.25, 0.3) is 0 Å². The van der Waals surface area contributed by atoms with Crippen LogP contribution in [-0.4, -0.2) is 11.0 Å². The summed E-state index contributed by atoms with van der Waals surface area (Å²) in [6, 6.07) is 6.98. The zero-order valence-electron chi connectivity index (χ0n) is 10.0. The molecule has 1 heterocycles. The Bertz CT molecular complexity index is 258. The molecule has 0 aliphatic heterocycles. The summed E-state index contributed by atoms with van der Waals surface area (Å²) in [4.78, 5) is 4.35. The van der Waals surface area contributed by atoms with Crippen LogP contribution in [0, 0.1) is 0 Å². The average Bonchev–Trinajstić information content (AvgIpc) is 2.27. The molecule has 1 aromatic heterocycles. The van der Waals surface area contributed by atoms with Crippen molar-refractivity contribution in [2.75, 3.05) is 0 Å². The van der Waals surface area contributed by atoms with E-state index in [9.17, 15) is 0 Å². The molecule has 15 heavy (non-hydrogen) atoms. The van der Waals surface area contributed by atoms with E-state index in [0.717, 1.165) is 5.69 Å². The number of hydrogen-bond donors (Lipinski definition) is 1. The largest absolute Gasteiger partial charge is 0.306 e. The molecule has 0 bridgehead atoms. The lowest BCUT2D eigenvalue weighted by Gasteiger charge is -2.19. The van der Waals surface area contributed by atoms with Gasteiger partial charge >= 0.3 is 0 Å². The second kappa shape index (κ2) is 6.57. The summed E-state index contributed by atoms with van der Waals surface area (Å²) in [7, 11) is 0. The fourth-order valence-corrected chi connectivity index (χ4v) is 1.74. The molecule has 0 saturated carbocycles. The lowest BCUT2D eigenvalue weighted by atomic mass is 10.1. The van der Waals surface area contributed by atoms with Gasteiger partial charge in [0.05, 0.1) is 5.69 Å². The van der Waals surface area contributed by atoms with Crippen LogP contribution in [0.1, 0.15) is 51.8 Å². The predicted molar refractivity (Wildman–Crippen MR) is 64.8 cm³/mol. The summed E-state index contributed by atoms with van der Waals surface area (Å²) in [5, 5.41) is 3.57. The second-order valence-corrected chi connectivity index (χ2v) is 4.19. The standard InChI is InChI=1S/C13H22N2/c1-4-5-8-11(2)15-12(3)13-9-6-7-10-14-13/h6-7,9-12,15H,4-5,8H2,1-3H3/t11?,12-/m0/s1. The number of unbranched alkanes of at least 4 members (excludes halogenated alkanes) is 1. The van der Waals surface area contributed by atoms with Crippen LogP contribution in [0.5, 0.6) is 0 Å². The molecule has 2 heteroatoms. The normalized spacial score (nSPS) is 14.9. The summed E-state index contributed by atoms with van der Waals surface area (Å²) in [6.45, 7) is 6.65. The molecule has 1 N–H and O–H groups in total. The van der Waals surface area contributed by atoms with Crippen LogP contribution in [0.4, 0.5) is 0 Å². The molecular formula is C13H22N2. The van der Waals surface area contributed by atoms with Crippen LogP contribution >= 0.6 is 0 Å². The van der Waals surface area contributed by atoms with Crippen molar-refractivity contribution in [3.8, 4) is 0 Å². The van der Waals surface area contributed by atoms with E-state index in [1.165, 1.54) is 19.3 Å². The van der Waals surface area contributed by atoms with Gasteiger partial charge in [0.25, 0.3) is 0 Å². The van der Waals surface area contributed by atoms with Crippen LogP contribution in [0.15, 0.2) is 24.4 Å². The molecular weight excluding hydrogens is 184 g/mol. The minimum atomic E-state index is 0.345. The Morgan fingerprint density at radius 2 is 2.13 bits per heavy atom. The fraction of sp³-hybridized carbons (Fsp3) is 0.615. The van der Waals surface area contributed by atoms with E-state index in [2.05, 4.69) is 37.1 Å². The fourth-order valence-electron chi connectivity index (χ4n) is 1.74. The molecule has 2 nitrogen and oxygen atoms in total. The Morgan fingerprint density at radius 3 is 2.73 bits per heavy atom. The smallest absolute Gasteiger partial charge is 0.0570 e. The van der Waals surface area contributed by atoms with Gasteiger partial charge in [0.1, 0.15) is 0 Å². The minimum Gasteiger partial charge on any atom is -0.306 e. The first kappa shape index (κ1) is 12.2. The average molecular weight is 206 g/mol. The van der Waals surface area contributed by atoms with E-state index in [1.54, 1.807) is 0 Å². The molecule has 0 radical (unpaired) electrons. The summed E-state index contributed by atoms with van der Waals surface area (Å²) in [5.41, 5.74) is 1.13. The Morgan fingerprint density at radius 1 is 1.33 bits per heavy atom. The highest BCUT2D eigenvalue weighted by Gasteiger charge is 2.09. The number of pyridine rings is 1. The van der Waals surface area contributed by atoms with Gasteiger partial charge in [0.2, 0.25) is 0 Å². The summed E-state index contributed by atoms with van der Waals surface area (Å²) < 4.78 is 0. The SMILES string of the molecule is CCCCC(C)N[C@@H](C)c1ccccn1. The quantitative estimate of drug-likeness (QED) is 0.772. The molecule has 84 valence electrons. The van der Waals surface area contributed by atoms with Crippen molar-refractivity contribution in [3.63, 3.8) is 0 Å². The maximum absolute atomic E-state index is 4.35. The first-order valence-electron chi connectivity index (χ1n) is 5.91. The van der Waals surface area contributed by atoms with Crippen LogP contribution in [0.3, 0.4) is 0 Å². The maximum Gasteiger partial charge on any atom is 0.0570 e. The van der Waals surface area contributed by atoms with Crippen molar-refractivity contribution >= 4 is 0 Å². The molecule has 0 aliphatic rings. The highest BCUT2D eigenvalue weighted by molar-refractivity contribution is 5.07. The van der Waals surface area contributed by atoms with Gasteiger partial charge in [0, 0.05) is 18.3 Å². The summed E-state index contributed by atoms with van der Waals surface area (Å²) >= 11 is 0. The third kappa shape index (κ3) is 4.43. The molecule has 1 aromatic rings. The van der Waals surface area contributed by atoms with Gasteiger partial charge in [-0.3, -0.25) is 4.98 Å². The Hall–Kier alpha value is -0.890. The Balaban J connectivity index is 2.38. The maximum atomic E-state index is 4.35. The van der Waals surface area contributed by atoms with Gasteiger partial charge in [-0.25, -0.2) is 0 Å². The zero-order valence-corrected chi connectivity index (χ0v) is 10.0. The predicted octanol–water partition coefficient (Wildman–Crippen LogP) is 3.31. The molecule has 0 spiro atoms. The van der Waals surface area contributed by atoms with Crippen molar-refractivity contribution in [3.05, 3.63) is 30.1 Å². The van der Waals surface area contributed by atoms with Crippen molar-refractivity contribution < 1.29 is 0 Å². The number of hydrogen-bond acceptors (Lipinski definition) is 2. The Kier molecular flexibility index (Phi) is 5.33. The number of aromatic nitrogens is 1. The van der Waals surface area contributed by atoms with Gasteiger partial charge in [0.15, 0.2) is 0 Å². The molecule has 1 unspecified atom stereocenters. The topological polar surface area (TPSA) is 24.9 Å². The second-order valence-electron chi connectivity index (χ2n) is 4.19. The third-order valence-corrected chi connectivity index (χ3v) is 2.66. The van der Waals surface area contributed by atoms with Crippen LogP contribution in [0.2, 0.25) is 0 Å². The first-order valence-corrected chi connectivity index (χ1v) is 5.91. The number of nitrogens with one attached hydrogen (secondary N) is 1. The van der Waals surface area contributed by atoms with E-state index < -0.39 is 0 Å². The highest BCUT2D eigenvalue weighted by Crippen LogP contribution is 2.10. The molecule has 0 aliphatic carbocycles. The molecule has 0 amide bonds. The van der Waals surface area contributed by atoms with Gasteiger partial charge in [-0.05, 0) is 32.4 Å². The van der Waals surface area contributed by atoms with Gasteiger partial charge in [-0.2, -0.15) is 0 Å². The van der Waals surface area contributed by atoms with E-state index in [0.29, 0.717) is 12.1 Å². The highest BCUT2D eigenvalue weighted by atomic mass is 15.0. The van der Waals surface area contributed by atoms with Crippen LogP contribution < -0.4 is 5.32 Å². The molecule has 0 saturated heterocycles. The molecule has 1 rings (SSSR count). The summed E-state index contributed by atoms with van der Waals surface area (Å²) in [6.07, 6.45) is 5.66. The van der Waals surface area contributed by atoms with Crippen molar-refractivity contribution in [1.29, 1.82) is 0 Å². The third-order valence-electron chi connectivity index (χ3n) is 2.66. The molecule has 0 fully saturated rings. The van der Waals surface area contributed by atoms with E-state index >= 15 is 0 Å². The lowest BCUT2D eigenvalue weighted by molar-refractivity contribution is 0.439. The first-order chi connectivity index (χ1) is 7.24. The van der Waals surface area contributed by atoms with Gasteiger partial charge in [-0.15, -0.1) is 0 Å². The summed E-state index contributed by atoms with van der Waals surface area (Å²) in [5.74, 6) is 0. The van der Waals surface area contributed by atoms with E-state index in [-0.39, 0.29) is 0 Å². The van der Waals surface area contributed by atoms with Gasteiger partial charge in [-0.1, -0.05) is 25.8 Å². The van der Waals surface area contributed by atoms with Crippen molar-refractivity contribution in [1.82, 2.24) is 10.3 Å². The molecule has 2 atom stereocenters. The minimum absolute atomic E-state index is 0.345. The van der Waals surface area contributed by atoms with Crippen molar-refractivity contribution in [2.45, 2.75) is 52.1 Å². The van der Waals surface area contributed by atoms with Crippen LogP contribution in [-0.2, 0) is 0 Å². The number of rotatable bonds is 6. The van der Waals surface area contributed by atoms with E-state index in [1.807, 2.05) is 18.3 Å². The Labute approximate surface area is 93.1 Å². The van der Waals surface area contributed by atoms with Crippen molar-refractivity contribution in [2.24, 2.45) is 0 Å². The molecule has 0 aromatic carbocycles. The van der Waals surface area contributed by atoms with Gasteiger partial charge < -0.3 is 5.32 Å². The number of nitrogens with zero attached hydrogens (tertiary/aromatic N) is 1. The monoisotopic (exact) mass is 206 g/mol. The lowest BCUT2D eigenvalue weighted by Crippen LogP contribution is -2.29. The zero-order chi connectivity index (χ0) is 11.1.